The van der Waals surface area contributed by atoms with Gasteiger partial charge in [0.25, 0.3) is 22.9 Å². The molecule has 0 radical (unpaired) electrons. The number of rotatable bonds is 5. The molecule has 0 unspecified atom stereocenters. The summed E-state index contributed by atoms with van der Waals surface area (Å²) in [7, 11) is 0. The third-order valence-corrected chi connectivity index (χ3v) is 6.06. The van der Waals surface area contributed by atoms with Gasteiger partial charge in [-0.25, -0.2) is 4.79 Å². The lowest BCUT2D eigenvalue weighted by atomic mass is 9.91. The first-order chi connectivity index (χ1) is 16.5. The maximum absolute atomic E-state index is 14.5. The second-order valence-electron chi connectivity index (χ2n) is 7.65. The van der Waals surface area contributed by atoms with E-state index in [4.69, 9.17) is 23.2 Å². The predicted molar refractivity (Wildman–Crippen MR) is 122 cm³/mol. The van der Waals surface area contributed by atoms with Crippen molar-refractivity contribution in [2.75, 3.05) is 5.32 Å². The van der Waals surface area contributed by atoms with Crippen molar-refractivity contribution in [1.29, 1.82) is 0 Å². The van der Waals surface area contributed by atoms with Crippen LogP contribution in [0.2, 0.25) is 10.0 Å². The molecule has 1 aliphatic heterocycles. The highest BCUT2D eigenvalue weighted by Gasteiger charge is 2.68. The molecule has 1 aromatic heterocycles. The Morgan fingerprint density at radius 3 is 2.37 bits per heavy atom. The number of H-pyrrole nitrogens is 1. The van der Waals surface area contributed by atoms with Crippen LogP contribution in [0.4, 0.5) is 19.0 Å². The summed E-state index contributed by atoms with van der Waals surface area (Å²) in [5, 5.41) is 3.47. The normalized spacial score (nSPS) is 17.1. The molecule has 182 valence electrons. The molecule has 0 saturated heterocycles. The second kappa shape index (κ2) is 8.90. The number of hydrogen-bond donors (Lipinski definition) is 3. The molecule has 3 aromatic rings. The van der Waals surface area contributed by atoms with Crippen LogP contribution in [0, 0.1) is 0 Å². The van der Waals surface area contributed by atoms with E-state index in [1.54, 1.807) is 35.6 Å². The Balaban J connectivity index is 1.84. The van der Waals surface area contributed by atoms with Crippen molar-refractivity contribution in [2.24, 2.45) is 0 Å². The number of aromatic amines is 1. The monoisotopic (exact) mass is 526 g/mol. The Labute approximate surface area is 204 Å². The zero-order valence-corrected chi connectivity index (χ0v) is 19.0. The van der Waals surface area contributed by atoms with Gasteiger partial charge in [-0.05, 0) is 30.2 Å². The summed E-state index contributed by atoms with van der Waals surface area (Å²) in [5.74, 6) is -3.78. The number of nitrogens with one attached hydrogen (secondary N) is 3. The van der Waals surface area contributed by atoms with Gasteiger partial charge in [-0.3, -0.25) is 23.9 Å². The maximum Gasteiger partial charge on any atom is 0.425 e. The summed E-state index contributed by atoms with van der Waals surface area (Å²) in [6.45, 7) is -0.160. The number of benzene rings is 2. The lowest BCUT2D eigenvalue weighted by molar-refractivity contribution is -0.196. The van der Waals surface area contributed by atoms with E-state index in [-0.39, 0.29) is 23.0 Å². The molecule has 3 N–H and O–H groups in total. The molecule has 0 spiro atoms. The second-order valence-corrected chi connectivity index (χ2v) is 8.49. The van der Waals surface area contributed by atoms with Crippen LogP contribution >= 0.6 is 23.2 Å². The maximum atomic E-state index is 14.5. The predicted octanol–water partition coefficient (Wildman–Crippen LogP) is 3.23. The van der Waals surface area contributed by atoms with Crippen molar-refractivity contribution >= 4 is 40.8 Å². The van der Waals surface area contributed by atoms with Crippen LogP contribution < -0.4 is 21.9 Å². The van der Waals surface area contributed by atoms with Gasteiger partial charge in [0.05, 0.1) is 10.6 Å². The van der Waals surface area contributed by atoms with E-state index in [9.17, 15) is 32.3 Å². The molecule has 4 rings (SSSR count). The average Bonchev–Trinajstić information content (AvgIpc) is 3.07. The third-order valence-electron chi connectivity index (χ3n) is 5.52. The van der Waals surface area contributed by atoms with Crippen molar-refractivity contribution in [3.63, 3.8) is 0 Å². The smallest absolute Gasteiger partial charge is 0.326 e. The number of halogens is 5. The van der Waals surface area contributed by atoms with Crippen molar-refractivity contribution in [1.82, 2.24) is 14.9 Å². The minimum atomic E-state index is -5.47. The first kappa shape index (κ1) is 24.6. The van der Waals surface area contributed by atoms with E-state index in [2.05, 4.69) is 0 Å². The van der Waals surface area contributed by atoms with Crippen LogP contribution in [0.25, 0.3) is 0 Å². The fourth-order valence-corrected chi connectivity index (χ4v) is 4.33. The van der Waals surface area contributed by atoms with Crippen molar-refractivity contribution < 1.29 is 22.8 Å². The molecule has 0 aliphatic carbocycles. The van der Waals surface area contributed by atoms with Gasteiger partial charge in [0.1, 0.15) is 11.4 Å². The van der Waals surface area contributed by atoms with Gasteiger partial charge in [0, 0.05) is 11.6 Å². The quantitative estimate of drug-likeness (QED) is 0.473. The fraction of sp³-hybridized carbons (Fsp3) is 0.182. The summed E-state index contributed by atoms with van der Waals surface area (Å²) < 4.78 is 44.3. The third kappa shape index (κ3) is 4.21. The highest BCUT2D eigenvalue weighted by molar-refractivity contribution is 6.36. The van der Waals surface area contributed by atoms with Crippen LogP contribution in [0.15, 0.2) is 58.1 Å². The molecule has 2 heterocycles. The summed E-state index contributed by atoms with van der Waals surface area (Å²) >= 11 is 11.7. The van der Waals surface area contributed by atoms with Gasteiger partial charge in [0.2, 0.25) is 0 Å². The number of anilines is 1. The Bertz CT molecular complexity index is 1450. The van der Waals surface area contributed by atoms with Gasteiger partial charge in [-0.2, -0.15) is 13.2 Å². The Hall–Kier alpha value is -3.57. The minimum Gasteiger partial charge on any atom is -0.326 e. The zero-order chi connectivity index (χ0) is 25.5. The van der Waals surface area contributed by atoms with Gasteiger partial charge >= 0.3 is 11.9 Å². The number of aromatic nitrogens is 2. The van der Waals surface area contributed by atoms with Crippen molar-refractivity contribution in [3.05, 3.63) is 96.1 Å². The molecule has 0 saturated carbocycles. The van der Waals surface area contributed by atoms with Crippen LogP contribution in [-0.2, 0) is 23.3 Å². The summed E-state index contributed by atoms with van der Waals surface area (Å²) in [6.07, 6.45) is -5.26. The van der Waals surface area contributed by atoms with E-state index in [1.807, 2.05) is 10.3 Å². The van der Waals surface area contributed by atoms with E-state index in [0.717, 1.165) is 22.3 Å². The number of nitrogens with zero attached hydrogens (tertiary/aromatic N) is 1. The molecule has 1 aliphatic rings. The van der Waals surface area contributed by atoms with E-state index in [1.165, 1.54) is 6.07 Å². The molecule has 35 heavy (non-hydrogen) atoms. The highest BCUT2D eigenvalue weighted by atomic mass is 35.5. The molecular formula is C22H15Cl2F3N4O4. The van der Waals surface area contributed by atoms with Crippen LogP contribution in [0.3, 0.4) is 0 Å². The fourth-order valence-electron chi connectivity index (χ4n) is 3.83. The van der Waals surface area contributed by atoms with Crippen LogP contribution in [-0.4, -0.2) is 27.5 Å². The molecule has 8 nitrogen and oxygen atoms in total. The SMILES string of the molecule is O=C(N[C@@]1(C(F)(F)F)C(=O)Nc2c1c(=O)[nH]c(=O)n2CCc1ccccc1)c1ccc(Cl)cc1Cl. The standard InChI is InChI=1S/C22H15Cl2F3N4O4/c23-12-6-7-13(14(24)10-12)17(32)30-21(22(25,26)27)15-16(28-19(21)34)31(20(35)29-18(15)33)9-8-11-4-2-1-3-5-11/h1-7,10H,8-9H2,(H,28,34)(H,30,32)(H,29,33,35)/t21-/m1/s1. The Kier molecular flexibility index (Phi) is 6.24. The van der Waals surface area contributed by atoms with Crippen LogP contribution in [0.1, 0.15) is 21.5 Å². The minimum absolute atomic E-state index is 0.125. The lowest BCUT2D eigenvalue weighted by Gasteiger charge is -2.30. The Morgan fingerprint density at radius 1 is 1.06 bits per heavy atom. The van der Waals surface area contributed by atoms with Gasteiger partial charge in [0.15, 0.2) is 0 Å². The van der Waals surface area contributed by atoms with Gasteiger partial charge < -0.3 is 10.6 Å². The molecule has 0 bridgehead atoms. The number of amides is 2. The molecule has 1 atom stereocenters. The number of fused-ring (bicyclic) bond motifs is 1. The largest absolute Gasteiger partial charge is 0.425 e. The lowest BCUT2D eigenvalue weighted by Crippen LogP contribution is -2.62. The zero-order valence-electron chi connectivity index (χ0n) is 17.5. The molecule has 0 fully saturated rings. The summed E-state index contributed by atoms with van der Waals surface area (Å²) in [5.41, 5.74) is -7.07. The number of carbonyl (C=O) groups is 2. The van der Waals surface area contributed by atoms with E-state index < -0.39 is 51.7 Å². The summed E-state index contributed by atoms with van der Waals surface area (Å²) in [4.78, 5) is 52.6. The van der Waals surface area contributed by atoms with E-state index in [0.29, 0.717) is 0 Å². The number of aryl methyl sites for hydroxylation is 1. The number of hydrogen-bond acceptors (Lipinski definition) is 4. The molecular weight excluding hydrogens is 512 g/mol. The number of carbonyl (C=O) groups excluding carboxylic acids is 2. The van der Waals surface area contributed by atoms with Gasteiger partial charge in [-0.15, -0.1) is 0 Å². The van der Waals surface area contributed by atoms with E-state index >= 15 is 0 Å². The van der Waals surface area contributed by atoms with Crippen LogP contribution in [0.5, 0.6) is 0 Å². The number of alkyl halides is 3. The first-order valence-electron chi connectivity index (χ1n) is 10.0. The molecule has 2 aromatic carbocycles. The van der Waals surface area contributed by atoms with Crippen molar-refractivity contribution in [2.45, 2.75) is 24.7 Å². The average molecular weight is 527 g/mol. The molecule has 13 heteroatoms. The topological polar surface area (TPSA) is 113 Å². The highest BCUT2D eigenvalue weighted by Crippen LogP contribution is 2.45. The molecule has 2 amide bonds. The Morgan fingerprint density at radius 2 is 1.74 bits per heavy atom. The first-order valence-corrected chi connectivity index (χ1v) is 10.8. The van der Waals surface area contributed by atoms with Gasteiger partial charge in [-0.1, -0.05) is 53.5 Å². The van der Waals surface area contributed by atoms with Crippen molar-refractivity contribution in [3.8, 4) is 0 Å². The summed E-state index contributed by atoms with van der Waals surface area (Å²) in [6, 6.07) is 12.2.